The lowest BCUT2D eigenvalue weighted by molar-refractivity contribution is 0.173. The van der Waals surface area contributed by atoms with Crippen molar-refractivity contribution in [1.29, 1.82) is 0 Å². The smallest absolute Gasteiger partial charge is 0.0153 e. The van der Waals surface area contributed by atoms with Gasteiger partial charge in [-0.25, -0.2) is 0 Å². The van der Waals surface area contributed by atoms with Crippen LogP contribution >= 0.6 is 15.9 Å². The summed E-state index contributed by atoms with van der Waals surface area (Å²) in [6.45, 7) is 7.34. The molecule has 0 aliphatic carbocycles. The van der Waals surface area contributed by atoms with E-state index < -0.39 is 0 Å². The van der Waals surface area contributed by atoms with E-state index in [4.69, 9.17) is 0 Å². The number of nitrogens with zero attached hydrogens (tertiary/aromatic N) is 1. The highest BCUT2D eigenvalue weighted by molar-refractivity contribution is 9.09. The lowest BCUT2D eigenvalue weighted by Crippen LogP contribution is -2.38. The number of hydrogen-bond acceptors (Lipinski definition) is 1. The van der Waals surface area contributed by atoms with Gasteiger partial charge in [0.2, 0.25) is 0 Å². The summed E-state index contributed by atoms with van der Waals surface area (Å²) in [6.07, 6.45) is 5.42. The molecule has 0 amide bonds. The maximum atomic E-state index is 3.47. The van der Waals surface area contributed by atoms with Crippen molar-refractivity contribution in [2.75, 3.05) is 18.4 Å². The molecule has 1 rings (SSSR count). The Morgan fingerprint density at radius 3 is 2.58 bits per heavy atom. The van der Waals surface area contributed by atoms with Crippen molar-refractivity contribution >= 4 is 15.9 Å². The lowest BCUT2D eigenvalue weighted by Gasteiger charge is -2.31. The van der Waals surface area contributed by atoms with E-state index in [2.05, 4.69) is 34.7 Å². The molecule has 0 spiro atoms. The van der Waals surface area contributed by atoms with Gasteiger partial charge in [-0.05, 0) is 52.6 Å². The van der Waals surface area contributed by atoms with Crippen LogP contribution in [0.15, 0.2) is 0 Å². The molecule has 1 heterocycles. The van der Waals surface area contributed by atoms with Gasteiger partial charge in [-0.2, -0.15) is 0 Å². The maximum Gasteiger partial charge on any atom is 0.0153 e. The van der Waals surface area contributed by atoms with Gasteiger partial charge in [0.15, 0.2) is 0 Å². The summed E-state index contributed by atoms with van der Waals surface area (Å²) in [5, 5.41) is 1.15. The van der Waals surface area contributed by atoms with Gasteiger partial charge in [-0.3, -0.25) is 4.90 Å². The molecule has 1 aliphatic rings. The Morgan fingerprint density at radius 2 is 2.08 bits per heavy atom. The molecule has 1 aliphatic heterocycles. The largest absolute Gasteiger partial charge is 0.298 e. The van der Waals surface area contributed by atoms with Crippen molar-refractivity contribution in [3.8, 4) is 0 Å². The zero-order valence-electron chi connectivity index (χ0n) is 8.27. The molecule has 0 N–H and O–H groups in total. The summed E-state index contributed by atoms with van der Waals surface area (Å²) >= 11 is 3.47. The summed E-state index contributed by atoms with van der Waals surface area (Å²) in [5.41, 5.74) is 0.478. The molecule has 0 saturated carbocycles. The Morgan fingerprint density at radius 1 is 1.33 bits per heavy atom. The predicted molar refractivity (Wildman–Crippen MR) is 57.9 cm³/mol. The van der Waals surface area contributed by atoms with E-state index in [0.717, 1.165) is 5.33 Å². The van der Waals surface area contributed by atoms with Crippen LogP contribution in [0, 0.1) is 0 Å². The highest BCUT2D eigenvalue weighted by Crippen LogP contribution is 2.28. The van der Waals surface area contributed by atoms with E-state index in [-0.39, 0.29) is 0 Å². The molecule has 2 heteroatoms. The van der Waals surface area contributed by atoms with Gasteiger partial charge >= 0.3 is 0 Å². The van der Waals surface area contributed by atoms with Gasteiger partial charge in [-0.15, -0.1) is 0 Å². The number of unbranched alkanes of at least 4 members (excludes halogenated alkanes) is 1. The Kier molecular flexibility index (Phi) is 4.04. The molecule has 0 bridgehead atoms. The van der Waals surface area contributed by atoms with Gasteiger partial charge in [0, 0.05) is 10.9 Å². The number of hydrogen-bond donors (Lipinski definition) is 0. The van der Waals surface area contributed by atoms with Crippen molar-refractivity contribution in [3.63, 3.8) is 0 Å². The third kappa shape index (κ3) is 2.74. The van der Waals surface area contributed by atoms with Gasteiger partial charge in [-0.1, -0.05) is 15.9 Å². The summed E-state index contributed by atoms with van der Waals surface area (Å²) in [6, 6.07) is 0. The minimum Gasteiger partial charge on any atom is -0.298 e. The van der Waals surface area contributed by atoms with Gasteiger partial charge < -0.3 is 0 Å². The van der Waals surface area contributed by atoms with Crippen molar-refractivity contribution in [3.05, 3.63) is 0 Å². The van der Waals surface area contributed by atoms with Gasteiger partial charge in [0.25, 0.3) is 0 Å². The van der Waals surface area contributed by atoms with Crippen LogP contribution in [0.4, 0.5) is 0 Å². The molecule has 0 unspecified atom stereocenters. The fraction of sp³-hybridized carbons (Fsp3) is 1.00. The van der Waals surface area contributed by atoms with Crippen LogP contribution in [0.2, 0.25) is 0 Å². The quantitative estimate of drug-likeness (QED) is 0.533. The molecule has 12 heavy (non-hydrogen) atoms. The van der Waals surface area contributed by atoms with Crippen molar-refractivity contribution in [2.24, 2.45) is 0 Å². The fourth-order valence-electron chi connectivity index (χ4n) is 1.97. The predicted octanol–water partition coefficient (Wildman–Crippen LogP) is 3.04. The standard InChI is InChI=1S/C10H20BrN/c1-10(2)6-5-9-12(10)8-4-3-7-11/h3-9H2,1-2H3. The van der Waals surface area contributed by atoms with Crippen LogP contribution in [-0.2, 0) is 0 Å². The first-order chi connectivity index (χ1) is 5.67. The molecule has 1 fully saturated rings. The van der Waals surface area contributed by atoms with E-state index in [1.54, 1.807) is 0 Å². The van der Waals surface area contributed by atoms with Crippen molar-refractivity contribution in [2.45, 2.75) is 45.1 Å². The first kappa shape index (κ1) is 10.5. The molecular formula is C10H20BrN. The first-order valence-corrected chi connectivity index (χ1v) is 6.10. The Labute approximate surface area is 84.6 Å². The fourth-order valence-corrected chi connectivity index (χ4v) is 2.37. The third-order valence-electron chi connectivity index (χ3n) is 2.88. The Balaban J connectivity index is 2.22. The molecule has 0 aromatic carbocycles. The average molecular weight is 234 g/mol. The molecule has 1 nitrogen and oxygen atoms in total. The Bertz CT molecular complexity index is 134. The zero-order chi connectivity index (χ0) is 9.03. The van der Waals surface area contributed by atoms with Crippen LogP contribution in [0.25, 0.3) is 0 Å². The third-order valence-corrected chi connectivity index (χ3v) is 3.45. The van der Waals surface area contributed by atoms with E-state index in [0.29, 0.717) is 5.54 Å². The second kappa shape index (κ2) is 4.61. The summed E-state index contributed by atoms with van der Waals surface area (Å²) in [4.78, 5) is 2.63. The number of rotatable bonds is 4. The van der Waals surface area contributed by atoms with Crippen LogP contribution in [0.5, 0.6) is 0 Å². The molecular weight excluding hydrogens is 214 g/mol. The SMILES string of the molecule is CC1(C)CCCN1CCCCBr. The van der Waals surface area contributed by atoms with E-state index in [9.17, 15) is 0 Å². The second-order valence-electron chi connectivity index (χ2n) is 4.30. The molecule has 1 saturated heterocycles. The summed E-state index contributed by atoms with van der Waals surface area (Å²) < 4.78 is 0. The number of likely N-dealkylation sites (tertiary alicyclic amines) is 1. The van der Waals surface area contributed by atoms with E-state index in [1.165, 1.54) is 38.8 Å². The summed E-state index contributed by atoms with van der Waals surface area (Å²) in [5.74, 6) is 0. The second-order valence-corrected chi connectivity index (χ2v) is 5.09. The van der Waals surface area contributed by atoms with Crippen LogP contribution < -0.4 is 0 Å². The summed E-state index contributed by atoms with van der Waals surface area (Å²) in [7, 11) is 0. The highest BCUT2D eigenvalue weighted by Gasteiger charge is 2.30. The van der Waals surface area contributed by atoms with Gasteiger partial charge in [0.1, 0.15) is 0 Å². The van der Waals surface area contributed by atoms with Crippen molar-refractivity contribution in [1.82, 2.24) is 4.90 Å². The normalized spacial score (nSPS) is 23.2. The zero-order valence-corrected chi connectivity index (χ0v) is 9.86. The number of alkyl halides is 1. The van der Waals surface area contributed by atoms with E-state index in [1.807, 2.05) is 0 Å². The van der Waals surface area contributed by atoms with Crippen molar-refractivity contribution < 1.29 is 0 Å². The number of halogens is 1. The van der Waals surface area contributed by atoms with Crippen LogP contribution in [-0.4, -0.2) is 28.9 Å². The molecule has 0 aromatic heterocycles. The lowest BCUT2D eigenvalue weighted by atomic mass is 10.0. The minimum atomic E-state index is 0.478. The maximum absolute atomic E-state index is 3.47. The topological polar surface area (TPSA) is 3.24 Å². The van der Waals surface area contributed by atoms with Crippen LogP contribution in [0.1, 0.15) is 39.5 Å². The minimum absolute atomic E-state index is 0.478. The average Bonchev–Trinajstić information content (AvgIpc) is 2.32. The first-order valence-electron chi connectivity index (χ1n) is 4.98. The monoisotopic (exact) mass is 233 g/mol. The molecule has 0 aromatic rings. The Hall–Kier alpha value is 0.440. The van der Waals surface area contributed by atoms with Gasteiger partial charge in [0.05, 0.1) is 0 Å². The highest BCUT2D eigenvalue weighted by atomic mass is 79.9. The molecule has 72 valence electrons. The molecule has 0 radical (unpaired) electrons. The van der Waals surface area contributed by atoms with E-state index >= 15 is 0 Å². The van der Waals surface area contributed by atoms with Crippen LogP contribution in [0.3, 0.4) is 0 Å². The molecule has 0 atom stereocenters.